The van der Waals surface area contributed by atoms with E-state index in [0.717, 1.165) is 5.56 Å². The number of hydrogen-bond donors (Lipinski definition) is 2. The standard InChI is InChI=1S/C15H24N2O2S2/c1-11(15(2,3)4)9-17-21(18,19)10-12-5-7-13(8-6-12)14(16)20/h5-8,11,17H,9-10H2,1-4H3,(H2,16,20). The van der Waals surface area contributed by atoms with Crippen molar-refractivity contribution in [2.45, 2.75) is 33.4 Å². The van der Waals surface area contributed by atoms with Crippen molar-refractivity contribution in [2.75, 3.05) is 6.54 Å². The van der Waals surface area contributed by atoms with E-state index in [-0.39, 0.29) is 17.1 Å². The molecule has 0 saturated heterocycles. The van der Waals surface area contributed by atoms with Crippen LogP contribution in [0.3, 0.4) is 0 Å². The van der Waals surface area contributed by atoms with Crippen LogP contribution < -0.4 is 10.5 Å². The molecule has 21 heavy (non-hydrogen) atoms. The molecule has 3 N–H and O–H groups in total. The first kappa shape index (κ1) is 18.1. The Morgan fingerprint density at radius 3 is 2.24 bits per heavy atom. The lowest BCUT2D eigenvalue weighted by Gasteiger charge is -2.27. The van der Waals surface area contributed by atoms with E-state index in [2.05, 4.69) is 25.5 Å². The lowest BCUT2D eigenvalue weighted by atomic mass is 9.82. The van der Waals surface area contributed by atoms with Crippen molar-refractivity contribution < 1.29 is 8.42 Å². The molecule has 0 fully saturated rings. The third kappa shape index (κ3) is 6.11. The van der Waals surface area contributed by atoms with Gasteiger partial charge in [0.05, 0.1) is 5.75 Å². The van der Waals surface area contributed by atoms with E-state index >= 15 is 0 Å². The second kappa shape index (κ2) is 6.85. The molecule has 1 unspecified atom stereocenters. The van der Waals surface area contributed by atoms with Crippen molar-refractivity contribution in [2.24, 2.45) is 17.1 Å². The fourth-order valence-electron chi connectivity index (χ4n) is 1.59. The molecule has 1 aromatic rings. The highest BCUT2D eigenvalue weighted by atomic mass is 32.2. The maximum absolute atomic E-state index is 12.1. The summed E-state index contributed by atoms with van der Waals surface area (Å²) < 4.78 is 26.9. The molecule has 0 aromatic heterocycles. The Bertz CT molecular complexity index is 587. The fourth-order valence-corrected chi connectivity index (χ4v) is 2.97. The van der Waals surface area contributed by atoms with Gasteiger partial charge in [0.1, 0.15) is 4.99 Å². The van der Waals surface area contributed by atoms with E-state index in [4.69, 9.17) is 18.0 Å². The number of thiocarbonyl (C=S) groups is 1. The summed E-state index contributed by atoms with van der Waals surface area (Å²) in [7, 11) is -3.34. The van der Waals surface area contributed by atoms with Crippen LogP contribution in [0.5, 0.6) is 0 Å². The molecule has 0 amide bonds. The van der Waals surface area contributed by atoms with Crippen LogP contribution in [0.25, 0.3) is 0 Å². The number of nitrogens with two attached hydrogens (primary N) is 1. The maximum atomic E-state index is 12.1. The first-order valence-electron chi connectivity index (χ1n) is 6.87. The topological polar surface area (TPSA) is 72.2 Å². The lowest BCUT2D eigenvalue weighted by molar-refractivity contribution is 0.263. The molecule has 0 aliphatic rings. The molecule has 1 aromatic carbocycles. The van der Waals surface area contributed by atoms with Gasteiger partial charge in [-0.3, -0.25) is 0 Å². The molecular formula is C15H24N2O2S2. The Hall–Kier alpha value is -0.980. The summed E-state index contributed by atoms with van der Waals surface area (Å²) in [6, 6.07) is 6.96. The number of hydrogen-bond acceptors (Lipinski definition) is 3. The van der Waals surface area contributed by atoms with Crippen LogP contribution in [0, 0.1) is 11.3 Å². The Morgan fingerprint density at radius 1 is 1.29 bits per heavy atom. The SMILES string of the molecule is CC(CNS(=O)(=O)Cc1ccc(C(N)=S)cc1)C(C)(C)C. The number of benzene rings is 1. The zero-order valence-electron chi connectivity index (χ0n) is 13.0. The van der Waals surface area contributed by atoms with Gasteiger partial charge >= 0.3 is 0 Å². The van der Waals surface area contributed by atoms with Crippen LogP contribution in [0.1, 0.15) is 38.8 Å². The average molecular weight is 329 g/mol. The molecule has 0 bridgehead atoms. The minimum Gasteiger partial charge on any atom is -0.389 e. The van der Waals surface area contributed by atoms with Gasteiger partial charge in [-0.05, 0) is 16.9 Å². The molecule has 4 nitrogen and oxygen atoms in total. The smallest absolute Gasteiger partial charge is 0.215 e. The summed E-state index contributed by atoms with van der Waals surface area (Å²) in [5.41, 5.74) is 7.03. The molecule has 1 rings (SSSR count). The average Bonchev–Trinajstić information content (AvgIpc) is 2.35. The largest absolute Gasteiger partial charge is 0.389 e. The van der Waals surface area contributed by atoms with E-state index < -0.39 is 10.0 Å². The van der Waals surface area contributed by atoms with Crippen molar-refractivity contribution >= 4 is 27.2 Å². The molecule has 0 saturated carbocycles. The molecular weight excluding hydrogens is 304 g/mol. The molecule has 0 aliphatic carbocycles. The fraction of sp³-hybridized carbons (Fsp3) is 0.533. The first-order valence-corrected chi connectivity index (χ1v) is 8.93. The van der Waals surface area contributed by atoms with Gasteiger partial charge in [-0.15, -0.1) is 0 Å². The van der Waals surface area contributed by atoms with Crippen molar-refractivity contribution in [3.05, 3.63) is 35.4 Å². The van der Waals surface area contributed by atoms with Gasteiger partial charge in [0.15, 0.2) is 0 Å². The van der Waals surface area contributed by atoms with Gasteiger partial charge in [0, 0.05) is 12.1 Å². The van der Waals surface area contributed by atoms with Crippen molar-refractivity contribution in [3.8, 4) is 0 Å². The van der Waals surface area contributed by atoms with E-state index in [0.29, 0.717) is 17.1 Å². The Kier molecular flexibility index (Phi) is 5.90. The first-order chi connectivity index (χ1) is 9.51. The second-order valence-electron chi connectivity index (χ2n) is 6.44. The van der Waals surface area contributed by atoms with Gasteiger partial charge < -0.3 is 5.73 Å². The monoisotopic (exact) mass is 328 g/mol. The van der Waals surface area contributed by atoms with Gasteiger partial charge in [-0.2, -0.15) is 0 Å². The Balaban J connectivity index is 2.66. The maximum Gasteiger partial charge on any atom is 0.215 e. The zero-order valence-corrected chi connectivity index (χ0v) is 14.6. The van der Waals surface area contributed by atoms with Crippen molar-refractivity contribution in [1.29, 1.82) is 0 Å². The van der Waals surface area contributed by atoms with E-state index in [1.54, 1.807) is 24.3 Å². The van der Waals surface area contributed by atoms with E-state index in [1.165, 1.54) is 0 Å². The normalized spacial score (nSPS) is 13.9. The summed E-state index contributed by atoms with van der Waals surface area (Å²) >= 11 is 4.87. The number of nitrogens with one attached hydrogen (secondary N) is 1. The van der Waals surface area contributed by atoms with E-state index in [1.807, 2.05) is 6.92 Å². The summed E-state index contributed by atoms with van der Waals surface area (Å²) in [4.78, 5) is 0.307. The van der Waals surface area contributed by atoms with Gasteiger partial charge in [0.2, 0.25) is 10.0 Å². The highest BCUT2D eigenvalue weighted by molar-refractivity contribution is 7.88. The van der Waals surface area contributed by atoms with E-state index in [9.17, 15) is 8.42 Å². The molecule has 0 heterocycles. The van der Waals surface area contributed by atoms with Gasteiger partial charge in [-0.25, -0.2) is 13.1 Å². The Labute approximate surface area is 133 Å². The summed E-state index contributed by atoms with van der Waals surface area (Å²) in [6.45, 7) is 8.78. The lowest BCUT2D eigenvalue weighted by Crippen LogP contribution is -2.34. The minimum absolute atomic E-state index is 0.0402. The van der Waals surface area contributed by atoms with Gasteiger partial charge in [-0.1, -0.05) is 64.2 Å². The van der Waals surface area contributed by atoms with Crippen LogP contribution in [0.4, 0.5) is 0 Å². The second-order valence-corrected chi connectivity index (χ2v) is 8.68. The number of sulfonamides is 1. The van der Waals surface area contributed by atoms with Crippen LogP contribution in [0.15, 0.2) is 24.3 Å². The summed E-state index contributed by atoms with van der Waals surface area (Å²) in [5, 5.41) is 0. The number of rotatable bonds is 6. The molecule has 0 radical (unpaired) electrons. The van der Waals surface area contributed by atoms with Crippen LogP contribution in [0.2, 0.25) is 0 Å². The predicted molar refractivity (Wildman–Crippen MR) is 91.6 cm³/mol. The third-order valence-electron chi connectivity index (χ3n) is 3.68. The van der Waals surface area contributed by atoms with Crippen molar-refractivity contribution in [1.82, 2.24) is 4.72 Å². The van der Waals surface area contributed by atoms with Crippen LogP contribution in [-0.2, 0) is 15.8 Å². The van der Waals surface area contributed by atoms with Crippen molar-refractivity contribution in [3.63, 3.8) is 0 Å². The molecule has 0 spiro atoms. The molecule has 1 atom stereocenters. The van der Waals surface area contributed by atoms with Gasteiger partial charge in [0.25, 0.3) is 0 Å². The highest BCUT2D eigenvalue weighted by Crippen LogP contribution is 2.24. The zero-order chi connectivity index (χ0) is 16.3. The predicted octanol–water partition coefficient (Wildman–Crippen LogP) is 2.42. The molecule has 118 valence electrons. The molecule has 6 heteroatoms. The molecule has 0 aliphatic heterocycles. The van der Waals surface area contributed by atoms with Crippen LogP contribution in [-0.4, -0.2) is 20.0 Å². The minimum atomic E-state index is -3.34. The van der Waals surface area contributed by atoms with Crippen LogP contribution >= 0.6 is 12.2 Å². The quantitative estimate of drug-likeness (QED) is 0.787. The third-order valence-corrected chi connectivity index (χ3v) is 5.24. The highest BCUT2D eigenvalue weighted by Gasteiger charge is 2.22. The summed E-state index contributed by atoms with van der Waals surface area (Å²) in [6.07, 6.45) is 0. The Morgan fingerprint density at radius 2 is 1.81 bits per heavy atom. The summed E-state index contributed by atoms with van der Waals surface area (Å²) in [5.74, 6) is 0.214.